The number of anilines is 1. The molecule has 18 heavy (non-hydrogen) atoms. The van der Waals surface area contributed by atoms with Gasteiger partial charge < -0.3 is 5.73 Å². The minimum Gasteiger partial charge on any atom is -0.399 e. The number of hydrogen-bond donors (Lipinski definition) is 1. The van der Waals surface area contributed by atoms with Crippen LogP contribution in [-0.4, -0.2) is 0 Å². The van der Waals surface area contributed by atoms with Crippen molar-refractivity contribution in [2.24, 2.45) is 0 Å². The van der Waals surface area contributed by atoms with Gasteiger partial charge in [0.2, 0.25) is 0 Å². The number of nitrogens with two attached hydrogens (primary N) is 1. The van der Waals surface area contributed by atoms with Crippen LogP contribution < -0.4 is 5.73 Å². The maximum atomic E-state index is 5.85. The van der Waals surface area contributed by atoms with Crippen molar-refractivity contribution in [2.45, 2.75) is 20.8 Å². The van der Waals surface area contributed by atoms with Crippen LogP contribution >= 0.6 is 0 Å². The molecule has 0 fully saturated rings. The number of benzene rings is 3. The van der Waals surface area contributed by atoms with Crippen molar-refractivity contribution in [1.82, 2.24) is 0 Å². The van der Waals surface area contributed by atoms with E-state index >= 15 is 0 Å². The predicted octanol–water partition coefficient (Wildman–Crippen LogP) is 4.91. The van der Waals surface area contributed by atoms with Crippen molar-refractivity contribution >= 4 is 27.2 Å². The number of hydrogen-bond acceptors (Lipinski definition) is 1. The van der Waals surface area contributed by atoms with Crippen LogP contribution in [0, 0.1) is 6.92 Å². The Morgan fingerprint density at radius 1 is 0.722 bits per heavy atom. The van der Waals surface area contributed by atoms with E-state index in [0.29, 0.717) is 0 Å². The van der Waals surface area contributed by atoms with Crippen LogP contribution in [0.25, 0.3) is 21.5 Å². The predicted molar refractivity (Wildman–Crippen MR) is 82.0 cm³/mol. The number of rotatable bonds is 0. The van der Waals surface area contributed by atoms with E-state index in [1.807, 2.05) is 19.9 Å². The molecule has 0 saturated carbocycles. The fraction of sp³-hybridized carbons (Fsp3) is 0.176. The van der Waals surface area contributed by atoms with Gasteiger partial charge in [0.25, 0.3) is 0 Å². The smallest absolute Gasteiger partial charge is 0.0320 e. The Bertz CT molecular complexity index is 623. The molecule has 0 aliphatic rings. The summed E-state index contributed by atoms with van der Waals surface area (Å²) in [6, 6.07) is 16.9. The normalized spacial score (nSPS) is 10.2. The molecule has 0 amide bonds. The molecule has 92 valence electrons. The van der Waals surface area contributed by atoms with Gasteiger partial charge in [-0.15, -0.1) is 0 Å². The Labute approximate surface area is 108 Å². The average Bonchev–Trinajstić information content (AvgIpc) is 2.41. The molecule has 3 rings (SSSR count). The lowest BCUT2D eigenvalue weighted by atomic mass is 10.00. The molecule has 1 nitrogen and oxygen atoms in total. The second-order valence-corrected chi connectivity index (χ2v) is 4.27. The third kappa shape index (κ3) is 2.17. The lowest BCUT2D eigenvalue weighted by Crippen LogP contribution is -1.85. The monoisotopic (exact) mass is 237 g/mol. The molecule has 0 unspecified atom stereocenters. The van der Waals surface area contributed by atoms with Gasteiger partial charge in [-0.3, -0.25) is 0 Å². The Kier molecular flexibility index (Phi) is 3.52. The van der Waals surface area contributed by atoms with E-state index in [2.05, 4.69) is 49.4 Å². The summed E-state index contributed by atoms with van der Waals surface area (Å²) < 4.78 is 0. The average molecular weight is 237 g/mol. The van der Waals surface area contributed by atoms with Gasteiger partial charge in [-0.25, -0.2) is 0 Å². The van der Waals surface area contributed by atoms with Crippen molar-refractivity contribution in [3.8, 4) is 0 Å². The molecule has 0 atom stereocenters. The van der Waals surface area contributed by atoms with Crippen molar-refractivity contribution in [3.63, 3.8) is 0 Å². The standard InChI is InChI=1S/C15H13N.C2H6/c1-10-2-3-11-4-5-12-6-7-13(16)9-15(12)14(11)8-10;1-2/h2-9H,16H2,1H3;1-2H3. The molecule has 0 saturated heterocycles. The van der Waals surface area contributed by atoms with E-state index in [0.717, 1.165) is 5.69 Å². The molecule has 0 aliphatic carbocycles. The number of nitrogen functional groups attached to an aromatic ring is 1. The maximum Gasteiger partial charge on any atom is 0.0320 e. The Morgan fingerprint density at radius 2 is 1.22 bits per heavy atom. The summed E-state index contributed by atoms with van der Waals surface area (Å²) >= 11 is 0. The molecule has 2 N–H and O–H groups in total. The van der Waals surface area contributed by atoms with Crippen molar-refractivity contribution < 1.29 is 0 Å². The molecule has 0 heterocycles. The highest BCUT2D eigenvalue weighted by Crippen LogP contribution is 2.27. The van der Waals surface area contributed by atoms with Crippen LogP contribution in [0.4, 0.5) is 5.69 Å². The van der Waals surface area contributed by atoms with E-state index in [1.165, 1.54) is 27.1 Å². The zero-order valence-corrected chi connectivity index (χ0v) is 11.2. The van der Waals surface area contributed by atoms with Gasteiger partial charge in [-0.2, -0.15) is 0 Å². The summed E-state index contributed by atoms with van der Waals surface area (Å²) in [7, 11) is 0. The summed E-state index contributed by atoms with van der Waals surface area (Å²) in [6.07, 6.45) is 0. The highest BCUT2D eigenvalue weighted by molar-refractivity contribution is 6.08. The second-order valence-electron chi connectivity index (χ2n) is 4.27. The molecule has 0 bridgehead atoms. The molecule has 3 aromatic rings. The van der Waals surface area contributed by atoms with E-state index in [4.69, 9.17) is 5.73 Å². The molecular formula is C17H19N. The first-order chi connectivity index (χ1) is 8.74. The maximum absolute atomic E-state index is 5.85. The second kappa shape index (κ2) is 5.09. The van der Waals surface area contributed by atoms with Gasteiger partial charge in [0.15, 0.2) is 0 Å². The molecule has 3 aromatic carbocycles. The van der Waals surface area contributed by atoms with Crippen molar-refractivity contribution in [1.29, 1.82) is 0 Å². The lowest BCUT2D eigenvalue weighted by molar-refractivity contribution is 1.50. The number of fused-ring (bicyclic) bond motifs is 3. The third-order valence-corrected chi connectivity index (χ3v) is 3.02. The quantitative estimate of drug-likeness (QED) is 0.436. The zero-order valence-electron chi connectivity index (χ0n) is 11.2. The van der Waals surface area contributed by atoms with E-state index < -0.39 is 0 Å². The minimum absolute atomic E-state index is 0.821. The Morgan fingerprint density at radius 3 is 1.89 bits per heavy atom. The number of aryl methyl sites for hydroxylation is 1. The van der Waals surface area contributed by atoms with Crippen molar-refractivity contribution in [3.05, 3.63) is 54.1 Å². The molecule has 0 spiro atoms. The molecular weight excluding hydrogens is 218 g/mol. The topological polar surface area (TPSA) is 26.0 Å². The summed E-state index contributed by atoms with van der Waals surface area (Å²) in [4.78, 5) is 0. The van der Waals surface area contributed by atoms with Crippen molar-refractivity contribution in [2.75, 3.05) is 5.73 Å². The first-order valence-corrected chi connectivity index (χ1v) is 6.43. The van der Waals surface area contributed by atoms with E-state index in [1.54, 1.807) is 0 Å². The highest BCUT2D eigenvalue weighted by atomic mass is 14.5. The first-order valence-electron chi connectivity index (χ1n) is 6.43. The van der Waals surface area contributed by atoms with Crippen LogP contribution in [0.3, 0.4) is 0 Å². The third-order valence-electron chi connectivity index (χ3n) is 3.02. The zero-order chi connectivity index (χ0) is 13.1. The van der Waals surface area contributed by atoms with Crippen LogP contribution in [0.15, 0.2) is 48.5 Å². The van der Waals surface area contributed by atoms with Gasteiger partial charge in [-0.1, -0.05) is 55.8 Å². The summed E-state index contributed by atoms with van der Waals surface area (Å²) in [5.41, 5.74) is 7.95. The van der Waals surface area contributed by atoms with E-state index in [-0.39, 0.29) is 0 Å². The van der Waals surface area contributed by atoms with Gasteiger partial charge in [0.05, 0.1) is 0 Å². The largest absolute Gasteiger partial charge is 0.399 e. The fourth-order valence-electron chi connectivity index (χ4n) is 2.18. The van der Waals surface area contributed by atoms with Gasteiger partial charge in [0, 0.05) is 5.69 Å². The van der Waals surface area contributed by atoms with Crippen LogP contribution in [0.5, 0.6) is 0 Å². The van der Waals surface area contributed by atoms with E-state index in [9.17, 15) is 0 Å². The van der Waals surface area contributed by atoms with Crippen LogP contribution in [0.1, 0.15) is 19.4 Å². The minimum atomic E-state index is 0.821. The highest BCUT2D eigenvalue weighted by Gasteiger charge is 2.00. The molecule has 0 radical (unpaired) electrons. The van der Waals surface area contributed by atoms with Gasteiger partial charge in [0.1, 0.15) is 0 Å². The first kappa shape index (κ1) is 12.4. The summed E-state index contributed by atoms with van der Waals surface area (Å²) in [5.74, 6) is 0. The molecule has 0 aliphatic heterocycles. The Hall–Kier alpha value is -2.02. The molecule has 1 heteroatoms. The van der Waals surface area contributed by atoms with Crippen LogP contribution in [-0.2, 0) is 0 Å². The molecule has 0 aromatic heterocycles. The lowest BCUT2D eigenvalue weighted by Gasteiger charge is -2.05. The summed E-state index contributed by atoms with van der Waals surface area (Å²) in [5, 5.41) is 5.03. The Balaban J connectivity index is 0.000000574. The fourth-order valence-corrected chi connectivity index (χ4v) is 2.18. The van der Waals surface area contributed by atoms with Gasteiger partial charge in [-0.05, 0) is 40.6 Å². The van der Waals surface area contributed by atoms with Gasteiger partial charge >= 0.3 is 0 Å². The summed E-state index contributed by atoms with van der Waals surface area (Å²) in [6.45, 7) is 6.12. The van der Waals surface area contributed by atoms with Crippen LogP contribution in [0.2, 0.25) is 0 Å². The SMILES string of the molecule is CC.Cc1ccc2ccc3ccc(N)cc3c2c1.